The van der Waals surface area contributed by atoms with Gasteiger partial charge in [-0.05, 0) is 23.3 Å². The highest BCUT2D eigenvalue weighted by atomic mass is 32.2. The average molecular weight is 430 g/mol. The van der Waals surface area contributed by atoms with Crippen molar-refractivity contribution in [2.75, 3.05) is 0 Å². The molecule has 0 spiro atoms. The Balaban J connectivity index is 1.37. The van der Waals surface area contributed by atoms with Gasteiger partial charge in [-0.25, -0.2) is 0 Å². The molecule has 31 heavy (non-hydrogen) atoms. The first-order valence-electron chi connectivity index (χ1n) is 9.78. The van der Waals surface area contributed by atoms with Crippen LogP contribution in [0.5, 0.6) is 0 Å². The van der Waals surface area contributed by atoms with Crippen molar-refractivity contribution in [1.82, 2.24) is 24.9 Å². The summed E-state index contributed by atoms with van der Waals surface area (Å²) in [5, 5.41) is 13.5. The average Bonchev–Trinajstić information content (AvgIpc) is 3.56. The number of rotatable bonds is 7. The molecule has 0 unspecified atom stereocenters. The summed E-state index contributed by atoms with van der Waals surface area (Å²) in [6, 6.07) is 24.1. The number of thioether (sulfide) groups is 1. The summed E-state index contributed by atoms with van der Waals surface area (Å²) in [5.41, 5.74) is 2.23. The van der Waals surface area contributed by atoms with Gasteiger partial charge in [0.2, 0.25) is 5.89 Å². The van der Waals surface area contributed by atoms with Crippen LogP contribution in [0.2, 0.25) is 0 Å². The zero-order chi connectivity index (χ0) is 21.0. The third-order valence-corrected chi connectivity index (χ3v) is 5.91. The quantitative estimate of drug-likeness (QED) is 0.339. The van der Waals surface area contributed by atoms with Gasteiger partial charge in [-0.2, -0.15) is 4.98 Å². The molecule has 154 valence electrons. The van der Waals surface area contributed by atoms with Gasteiger partial charge < -0.3 is 13.5 Å². The Hall–Kier alpha value is -3.65. The normalized spacial score (nSPS) is 11.3. The molecule has 0 atom stereocenters. The van der Waals surface area contributed by atoms with Gasteiger partial charge in [-0.15, -0.1) is 10.2 Å². The van der Waals surface area contributed by atoms with Crippen LogP contribution in [0.15, 0.2) is 93.2 Å². The SMILES string of the molecule is Cn1c(SCc2nc(C(c3ccccc3)c3ccccc3)no2)nnc1-c1ccco1. The van der Waals surface area contributed by atoms with Crippen molar-refractivity contribution in [2.45, 2.75) is 16.8 Å². The lowest BCUT2D eigenvalue weighted by Gasteiger charge is -2.14. The Bertz CT molecular complexity index is 1210. The summed E-state index contributed by atoms with van der Waals surface area (Å²) < 4.78 is 12.9. The molecule has 5 rings (SSSR count). The number of benzene rings is 2. The lowest BCUT2D eigenvalue weighted by Crippen LogP contribution is -2.05. The predicted molar refractivity (Wildman–Crippen MR) is 116 cm³/mol. The van der Waals surface area contributed by atoms with Gasteiger partial charge in [0, 0.05) is 7.05 Å². The number of furan rings is 1. The summed E-state index contributed by atoms with van der Waals surface area (Å²) in [4.78, 5) is 4.69. The Morgan fingerprint density at radius 3 is 2.26 bits per heavy atom. The molecule has 0 fully saturated rings. The third-order valence-electron chi connectivity index (χ3n) is 4.91. The molecule has 5 aromatic rings. The van der Waals surface area contributed by atoms with E-state index in [1.807, 2.05) is 60.1 Å². The van der Waals surface area contributed by atoms with Crippen molar-refractivity contribution < 1.29 is 8.94 Å². The van der Waals surface area contributed by atoms with Gasteiger partial charge >= 0.3 is 0 Å². The van der Waals surface area contributed by atoms with Crippen molar-refractivity contribution in [3.05, 3.63) is 102 Å². The predicted octanol–water partition coefficient (Wildman–Crippen LogP) is 4.93. The molecule has 0 aliphatic heterocycles. The van der Waals surface area contributed by atoms with E-state index in [2.05, 4.69) is 39.6 Å². The van der Waals surface area contributed by atoms with Crippen LogP contribution >= 0.6 is 11.8 Å². The molecule has 0 aliphatic rings. The maximum absolute atomic E-state index is 5.57. The number of hydrogen-bond acceptors (Lipinski definition) is 7. The second kappa shape index (κ2) is 8.61. The minimum atomic E-state index is -0.0923. The van der Waals surface area contributed by atoms with Crippen LogP contribution in [0.25, 0.3) is 11.6 Å². The van der Waals surface area contributed by atoms with Gasteiger partial charge in [-0.1, -0.05) is 77.6 Å². The molecule has 0 saturated heterocycles. The monoisotopic (exact) mass is 429 g/mol. The summed E-state index contributed by atoms with van der Waals surface area (Å²) in [6.45, 7) is 0. The molecule has 0 N–H and O–H groups in total. The van der Waals surface area contributed by atoms with Crippen LogP contribution in [-0.4, -0.2) is 24.9 Å². The second-order valence-corrected chi connectivity index (χ2v) is 7.87. The molecule has 0 saturated carbocycles. The van der Waals surface area contributed by atoms with E-state index in [1.54, 1.807) is 6.26 Å². The maximum atomic E-state index is 5.57. The maximum Gasteiger partial charge on any atom is 0.237 e. The zero-order valence-corrected chi connectivity index (χ0v) is 17.6. The molecular weight excluding hydrogens is 410 g/mol. The molecule has 3 heterocycles. The highest BCUT2D eigenvalue weighted by molar-refractivity contribution is 7.98. The van der Waals surface area contributed by atoms with Crippen molar-refractivity contribution in [2.24, 2.45) is 7.05 Å². The van der Waals surface area contributed by atoms with Gasteiger partial charge in [0.15, 0.2) is 22.6 Å². The molecule has 0 aliphatic carbocycles. The first kappa shape index (κ1) is 19.3. The van der Waals surface area contributed by atoms with Crippen molar-refractivity contribution >= 4 is 11.8 Å². The van der Waals surface area contributed by atoms with E-state index in [9.17, 15) is 0 Å². The first-order valence-corrected chi connectivity index (χ1v) is 10.8. The molecule has 8 heteroatoms. The Morgan fingerprint density at radius 1 is 0.903 bits per heavy atom. The standard InChI is InChI=1S/C23H19N5O2S/c1-28-22(18-13-8-14-29-18)25-26-23(28)31-15-19-24-21(27-30-19)20(16-9-4-2-5-10-16)17-11-6-3-7-12-17/h2-14,20H,15H2,1H3. The van der Waals surface area contributed by atoms with Crippen molar-refractivity contribution in [1.29, 1.82) is 0 Å². The summed E-state index contributed by atoms with van der Waals surface area (Å²) in [5.74, 6) is 2.93. The highest BCUT2D eigenvalue weighted by Crippen LogP contribution is 2.31. The molecule has 0 amide bonds. The largest absolute Gasteiger partial charge is 0.461 e. The molecular formula is C23H19N5O2S. The van der Waals surface area contributed by atoms with Crippen LogP contribution in [-0.2, 0) is 12.8 Å². The molecule has 3 aromatic heterocycles. The minimum absolute atomic E-state index is 0.0923. The van der Waals surface area contributed by atoms with E-state index in [-0.39, 0.29) is 5.92 Å². The Morgan fingerprint density at radius 2 is 1.61 bits per heavy atom. The van der Waals surface area contributed by atoms with E-state index in [1.165, 1.54) is 11.8 Å². The Labute approximate surface area is 183 Å². The van der Waals surface area contributed by atoms with Crippen molar-refractivity contribution in [3.8, 4) is 11.6 Å². The minimum Gasteiger partial charge on any atom is -0.461 e. The van der Waals surface area contributed by atoms with E-state index in [0.717, 1.165) is 16.3 Å². The highest BCUT2D eigenvalue weighted by Gasteiger charge is 2.23. The van der Waals surface area contributed by atoms with E-state index >= 15 is 0 Å². The summed E-state index contributed by atoms with van der Waals surface area (Å²) >= 11 is 1.49. The van der Waals surface area contributed by atoms with Crippen LogP contribution < -0.4 is 0 Å². The van der Waals surface area contributed by atoms with E-state index in [0.29, 0.717) is 29.1 Å². The molecule has 7 nitrogen and oxygen atoms in total. The van der Waals surface area contributed by atoms with Gasteiger partial charge in [0.05, 0.1) is 17.9 Å². The lowest BCUT2D eigenvalue weighted by atomic mass is 9.91. The van der Waals surface area contributed by atoms with Gasteiger partial charge in [-0.3, -0.25) is 0 Å². The number of aromatic nitrogens is 5. The van der Waals surface area contributed by atoms with Crippen LogP contribution in [0.1, 0.15) is 28.8 Å². The molecule has 2 aromatic carbocycles. The zero-order valence-electron chi connectivity index (χ0n) is 16.8. The summed E-state index contributed by atoms with van der Waals surface area (Å²) in [6.07, 6.45) is 1.62. The number of hydrogen-bond donors (Lipinski definition) is 0. The van der Waals surface area contributed by atoms with Crippen LogP contribution in [0.3, 0.4) is 0 Å². The smallest absolute Gasteiger partial charge is 0.237 e. The molecule has 0 radical (unpaired) electrons. The van der Waals surface area contributed by atoms with Crippen LogP contribution in [0, 0.1) is 0 Å². The fourth-order valence-electron chi connectivity index (χ4n) is 3.41. The molecule has 0 bridgehead atoms. The summed E-state index contributed by atoms with van der Waals surface area (Å²) in [7, 11) is 1.90. The van der Waals surface area contributed by atoms with Crippen LogP contribution in [0.4, 0.5) is 0 Å². The number of nitrogens with zero attached hydrogens (tertiary/aromatic N) is 5. The topological polar surface area (TPSA) is 82.8 Å². The van der Waals surface area contributed by atoms with E-state index < -0.39 is 0 Å². The van der Waals surface area contributed by atoms with Gasteiger partial charge in [0.1, 0.15) is 0 Å². The fraction of sp³-hybridized carbons (Fsp3) is 0.130. The lowest BCUT2D eigenvalue weighted by molar-refractivity contribution is 0.384. The van der Waals surface area contributed by atoms with Gasteiger partial charge in [0.25, 0.3) is 0 Å². The Kier molecular flexibility index (Phi) is 5.37. The van der Waals surface area contributed by atoms with E-state index in [4.69, 9.17) is 13.9 Å². The van der Waals surface area contributed by atoms with Crippen molar-refractivity contribution in [3.63, 3.8) is 0 Å². The fourth-order valence-corrected chi connectivity index (χ4v) is 4.16. The second-order valence-electron chi connectivity index (χ2n) is 6.93. The first-order chi connectivity index (χ1) is 15.3. The third kappa shape index (κ3) is 4.02.